The molecule has 1 aliphatic heterocycles. The first-order valence-electron chi connectivity index (χ1n) is 5.43. The Hall–Kier alpha value is -2.81. The first-order valence-corrected chi connectivity index (χ1v) is 5.43. The van der Waals surface area contributed by atoms with Crippen LogP contribution in [0.15, 0.2) is 24.3 Å². The van der Waals surface area contributed by atoms with E-state index in [9.17, 15) is 14.4 Å². The van der Waals surface area contributed by atoms with Crippen molar-refractivity contribution in [3.8, 4) is 12.3 Å². The molecule has 6 heteroatoms. The second kappa shape index (κ2) is 4.82. The fourth-order valence-corrected chi connectivity index (χ4v) is 1.80. The van der Waals surface area contributed by atoms with Crippen molar-refractivity contribution in [3.05, 3.63) is 29.8 Å². The summed E-state index contributed by atoms with van der Waals surface area (Å²) in [5.41, 5.74) is 0.408. The van der Waals surface area contributed by atoms with Crippen molar-refractivity contribution < 1.29 is 19.5 Å². The van der Waals surface area contributed by atoms with Crippen LogP contribution in [0.25, 0.3) is 0 Å². The van der Waals surface area contributed by atoms with Crippen molar-refractivity contribution in [2.75, 3.05) is 18.0 Å². The summed E-state index contributed by atoms with van der Waals surface area (Å²) >= 11 is 0. The molecule has 6 nitrogen and oxygen atoms in total. The minimum Gasteiger partial charge on any atom is -0.478 e. The van der Waals surface area contributed by atoms with Crippen molar-refractivity contribution in [1.29, 1.82) is 0 Å². The van der Waals surface area contributed by atoms with Gasteiger partial charge in [-0.1, -0.05) is 12.0 Å². The summed E-state index contributed by atoms with van der Waals surface area (Å²) in [6.45, 7) is -0.226. The molecule has 2 rings (SSSR count). The molecule has 0 aliphatic carbocycles. The number of rotatable bonds is 3. The molecule has 96 valence electrons. The Bertz CT molecular complexity index is 603. The van der Waals surface area contributed by atoms with Gasteiger partial charge in [0.2, 0.25) is 0 Å². The number of nitrogens with zero attached hydrogens (tertiary/aromatic N) is 2. The Morgan fingerprint density at radius 3 is 2.79 bits per heavy atom. The Balaban J connectivity index is 2.31. The van der Waals surface area contributed by atoms with E-state index in [0.717, 1.165) is 4.90 Å². The van der Waals surface area contributed by atoms with E-state index >= 15 is 0 Å². The van der Waals surface area contributed by atoms with Crippen molar-refractivity contribution in [2.24, 2.45) is 0 Å². The summed E-state index contributed by atoms with van der Waals surface area (Å²) in [6.07, 6.45) is 5.09. The Morgan fingerprint density at radius 1 is 1.42 bits per heavy atom. The van der Waals surface area contributed by atoms with Gasteiger partial charge >= 0.3 is 12.0 Å². The summed E-state index contributed by atoms with van der Waals surface area (Å²) in [5.74, 6) is 0.739. The third-order valence-corrected chi connectivity index (χ3v) is 2.71. The highest BCUT2D eigenvalue weighted by Crippen LogP contribution is 2.22. The molecule has 0 atom stereocenters. The maximum absolute atomic E-state index is 12.0. The predicted molar refractivity (Wildman–Crippen MR) is 66.7 cm³/mol. The monoisotopic (exact) mass is 258 g/mol. The van der Waals surface area contributed by atoms with Crippen molar-refractivity contribution in [3.63, 3.8) is 0 Å². The van der Waals surface area contributed by atoms with Gasteiger partial charge in [0.05, 0.1) is 12.1 Å². The predicted octanol–water partition coefficient (Wildman–Crippen LogP) is 0.787. The third-order valence-electron chi connectivity index (χ3n) is 2.71. The molecule has 1 aromatic rings. The minimum atomic E-state index is -1.10. The molecule has 0 radical (unpaired) electrons. The summed E-state index contributed by atoms with van der Waals surface area (Å²) in [4.78, 5) is 36.6. The normalized spacial score (nSPS) is 14.7. The molecular weight excluding hydrogens is 248 g/mol. The van der Waals surface area contributed by atoms with Gasteiger partial charge in [0.1, 0.15) is 6.54 Å². The number of imide groups is 1. The van der Waals surface area contributed by atoms with Crippen LogP contribution in [0, 0.1) is 12.3 Å². The fourth-order valence-electron chi connectivity index (χ4n) is 1.80. The highest BCUT2D eigenvalue weighted by molar-refractivity contribution is 6.12. The van der Waals surface area contributed by atoms with Crippen LogP contribution in [0.5, 0.6) is 0 Å². The summed E-state index contributed by atoms with van der Waals surface area (Å²) < 4.78 is 0. The lowest BCUT2D eigenvalue weighted by molar-refractivity contribution is -0.124. The molecule has 1 aromatic carbocycles. The summed E-state index contributed by atoms with van der Waals surface area (Å²) in [5, 5.41) is 8.90. The lowest BCUT2D eigenvalue weighted by atomic mass is 10.2. The van der Waals surface area contributed by atoms with Gasteiger partial charge in [-0.3, -0.25) is 14.6 Å². The number of carbonyl (C=O) groups is 3. The van der Waals surface area contributed by atoms with Gasteiger partial charge in [0, 0.05) is 5.69 Å². The van der Waals surface area contributed by atoms with Gasteiger partial charge in [-0.15, -0.1) is 6.42 Å². The number of carbonyl (C=O) groups excluding carboxylic acids is 2. The number of carboxylic acid groups (broad SMARTS) is 1. The lowest BCUT2D eigenvalue weighted by Crippen LogP contribution is -2.33. The molecule has 3 amide bonds. The zero-order chi connectivity index (χ0) is 14.0. The first kappa shape index (κ1) is 12.6. The smallest absolute Gasteiger partial charge is 0.335 e. The van der Waals surface area contributed by atoms with Crippen LogP contribution in [0.4, 0.5) is 10.5 Å². The molecule has 1 fully saturated rings. The van der Waals surface area contributed by atoms with Gasteiger partial charge in [0.25, 0.3) is 5.91 Å². The molecule has 0 bridgehead atoms. The zero-order valence-corrected chi connectivity index (χ0v) is 9.87. The minimum absolute atomic E-state index is 0.0492. The number of hydrogen-bond donors (Lipinski definition) is 1. The van der Waals surface area contributed by atoms with Gasteiger partial charge < -0.3 is 5.11 Å². The highest BCUT2D eigenvalue weighted by Gasteiger charge is 2.36. The fraction of sp³-hybridized carbons (Fsp3) is 0.154. The Morgan fingerprint density at radius 2 is 2.16 bits per heavy atom. The highest BCUT2D eigenvalue weighted by atomic mass is 16.4. The SMILES string of the molecule is C#CCN1C(=O)CN(c2cccc(C(=O)O)c2)C1=O. The molecule has 0 aromatic heterocycles. The van der Waals surface area contributed by atoms with E-state index in [1.54, 1.807) is 6.07 Å². The van der Waals surface area contributed by atoms with Gasteiger partial charge in [-0.05, 0) is 18.2 Å². The van der Waals surface area contributed by atoms with Crippen LogP contribution in [-0.4, -0.2) is 41.0 Å². The van der Waals surface area contributed by atoms with Gasteiger partial charge in [0.15, 0.2) is 0 Å². The number of terminal acetylenes is 1. The van der Waals surface area contributed by atoms with Crippen molar-refractivity contribution in [2.45, 2.75) is 0 Å². The van der Waals surface area contributed by atoms with E-state index in [4.69, 9.17) is 11.5 Å². The number of carboxylic acids is 1. The summed E-state index contributed by atoms with van der Waals surface area (Å²) in [7, 11) is 0. The van der Waals surface area contributed by atoms with Crippen LogP contribution in [0.3, 0.4) is 0 Å². The molecule has 1 saturated heterocycles. The van der Waals surface area contributed by atoms with Crippen molar-refractivity contribution in [1.82, 2.24) is 4.90 Å². The quantitative estimate of drug-likeness (QED) is 0.642. The van der Waals surface area contributed by atoms with E-state index in [0.29, 0.717) is 5.69 Å². The van der Waals surface area contributed by atoms with Gasteiger partial charge in [-0.2, -0.15) is 0 Å². The molecule has 1 N–H and O–H groups in total. The lowest BCUT2D eigenvalue weighted by Gasteiger charge is -2.15. The molecule has 0 unspecified atom stereocenters. The average Bonchev–Trinajstić information content (AvgIpc) is 2.67. The number of amides is 3. The number of benzene rings is 1. The number of hydrogen-bond acceptors (Lipinski definition) is 3. The van der Waals surface area contributed by atoms with E-state index in [1.807, 2.05) is 0 Å². The summed E-state index contributed by atoms with van der Waals surface area (Å²) in [6, 6.07) is 5.29. The maximum atomic E-state index is 12.0. The number of urea groups is 1. The van der Waals surface area contributed by atoms with Crippen LogP contribution in [0.1, 0.15) is 10.4 Å². The second-order valence-corrected chi connectivity index (χ2v) is 3.91. The Kier molecular flexibility index (Phi) is 3.21. The number of anilines is 1. The molecule has 1 heterocycles. The number of aromatic carboxylic acids is 1. The van der Waals surface area contributed by atoms with Crippen LogP contribution >= 0.6 is 0 Å². The van der Waals surface area contributed by atoms with E-state index in [2.05, 4.69) is 5.92 Å². The molecule has 1 aliphatic rings. The van der Waals surface area contributed by atoms with E-state index < -0.39 is 17.9 Å². The van der Waals surface area contributed by atoms with Gasteiger partial charge in [-0.25, -0.2) is 9.59 Å². The third kappa shape index (κ3) is 2.26. The standard InChI is InChI=1S/C13H10N2O4/c1-2-6-14-11(16)8-15(13(14)19)10-5-3-4-9(7-10)12(17)18/h1,3-5,7H,6,8H2,(H,17,18). The Labute approximate surface area is 109 Å². The van der Waals surface area contributed by atoms with E-state index in [1.165, 1.54) is 23.1 Å². The van der Waals surface area contributed by atoms with Crippen LogP contribution in [-0.2, 0) is 4.79 Å². The van der Waals surface area contributed by atoms with Crippen molar-refractivity contribution >= 4 is 23.6 Å². The van der Waals surface area contributed by atoms with Crippen LogP contribution in [0.2, 0.25) is 0 Å². The molecule has 19 heavy (non-hydrogen) atoms. The largest absolute Gasteiger partial charge is 0.478 e. The molecule has 0 spiro atoms. The zero-order valence-electron chi connectivity index (χ0n) is 9.87. The molecule has 0 saturated carbocycles. The first-order chi connectivity index (χ1) is 9.04. The topological polar surface area (TPSA) is 77.9 Å². The van der Waals surface area contributed by atoms with Crippen LogP contribution < -0.4 is 4.90 Å². The second-order valence-electron chi connectivity index (χ2n) is 3.91. The average molecular weight is 258 g/mol. The maximum Gasteiger partial charge on any atom is 0.335 e. The molecular formula is C13H10N2O4. The van der Waals surface area contributed by atoms with E-state index in [-0.39, 0.29) is 18.7 Å².